The molecule has 0 N–H and O–H groups in total. The Hall–Kier alpha value is -2.44. The minimum Gasteiger partial charge on any atom is -0.260 e. The zero-order valence-electron chi connectivity index (χ0n) is 11.4. The molecular formula is C18H14N2S. The smallest absolute Gasteiger partial charge is 0.0856 e. The van der Waals surface area contributed by atoms with Gasteiger partial charge in [-0.25, -0.2) is 0 Å². The van der Waals surface area contributed by atoms with Gasteiger partial charge in [0.2, 0.25) is 0 Å². The van der Waals surface area contributed by atoms with Crippen molar-refractivity contribution in [3.63, 3.8) is 0 Å². The highest BCUT2D eigenvalue weighted by atomic mass is 32.1. The molecule has 0 saturated carbocycles. The first-order valence-electron chi connectivity index (χ1n) is 6.81. The molecule has 0 aliphatic carbocycles. The number of thiophene rings is 1. The fourth-order valence-corrected chi connectivity index (χ4v) is 3.23. The second-order valence-corrected chi connectivity index (χ2v) is 5.72. The fourth-order valence-electron chi connectivity index (χ4n) is 2.25. The quantitative estimate of drug-likeness (QED) is 0.624. The minimum atomic E-state index is -0.205. The third kappa shape index (κ3) is 3.18. The van der Waals surface area contributed by atoms with Crippen LogP contribution in [0.1, 0.15) is 5.56 Å². The average Bonchev–Trinajstić information content (AvgIpc) is 2.95. The Bertz CT molecular complexity index is 797. The number of aliphatic imine (C=N–C) groups is 1. The summed E-state index contributed by atoms with van der Waals surface area (Å²) in [6.07, 6.45) is 2.46. The molecule has 3 heteroatoms. The average molecular weight is 290 g/mol. The second kappa shape index (κ2) is 6.34. The molecule has 102 valence electrons. The van der Waals surface area contributed by atoms with Gasteiger partial charge in [-0.05, 0) is 40.9 Å². The first-order chi connectivity index (χ1) is 10.4. The standard InChI is InChI=1S/C18H14N2S/c19-11-14(12-20-16-6-2-1-3-7-16)10-15-13-21-18-9-5-4-8-17(15)18/h1-9,12-14H,10H2. The van der Waals surface area contributed by atoms with Crippen molar-refractivity contribution < 1.29 is 0 Å². The predicted octanol–water partition coefficient (Wildman–Crippen LogP) is 4.99. The molecule has 1 aromatic heterocycles. The lowest BCUT2D eigenvalue weighted by Gasteiger charge is -2.02. The molecule has 0 radical (unpaired) electrons. The maximum absolute atomic E-state index is 9.34. The highest BCUT2D eigenvalue weighted by molar-refractivity contribution is 7.17. The van der Waals surface area contributed by atoms with Crippen molar-refractivity contribution in [3.05, 3.63) is 65.5 Å². The van der Waals surface area contributed by atoms with Gasteiger partial charge < -0.3 is 0 Å². The van der Waals surface area contributed by atoms with E-state index in [4.69, 9.17) is 0 Å². The molecule has 1 heterocycles. The Labute approximate surface area is 128 Å². The van der Waals surface area contributed by atoms with Crippen LogP contribution in [0.25, 0.3) is 10.1 Å². The van der Waals surface area contributed by atoms with Gasteiger partial charge in [0, 0.05) is 10.9 Å². The number of rotatable bonds is 4. The molecule has 2 nitrogen and oxygen atoms in total. The molecule has 0 aliphatic rings. The van der Waals surface area contributed by atoms with E-state index in [2.05, 4.69) is 28.6 Å². The van der Waals surface area contributed by atoms with Gasteiger partial charge in [0.25, 0.3) is 0 Å². The van der Waals surface area contributed by atoms with Crippen LogP contribution in [0.15, 0.2) is 65.0 Å². The molecule has 3 rings (SSSR count). The van der Waals surface area contributed by atoms with Crippen molar-refractivity contribution in [2.75, 3.05) is 0 Å². The third-order valence-electron chi connectivity index (χ3n) is 3.33. The van der Waals surface area contributed by atoms with Gasteiger partial charge in [-0.2, -0.15) is 5.26 Å². The lowest BCUT2D eigenvalue weighted by Crippen LogP contribution is -2.02. The minimum absolute atomic E-state index is 0.205. The van der Waals surface area contributed by atoms with E-state index in [1.807, 2.05) is 42.5 Å². The SMILES string of the molecule is N#CC(C=Nc1ccccc1)Cc1csc2ccccc12. The lowest BCUT2D eigenvalue weighted by molar-refractivity contribution is 0.890. The van der Waals surface area contributed by atoms with Crippen LogP contribution >= 0.6 is 11.3 Å². The molecule has 21 heavy (non-hydrogen) atoms. The fraction of sp³-hybridized carbons (Fsp3) is 0.111. The Morgan fingerprint density at radius 2 is 1.86 bits per heavy atom. The van der Waals surface area contributed by atoms with Crippen molar-refractivity contribution in [2.24, 2.45) is 10.9 Å². The second-order valence-electron chi connectivity index (χ2n) is 4.81. The van der Waals surface area contributed by atoms with Gasteiger partial charge in [0.05, 0.1) is 17.7 Å². The van der Waals surface area contributed by atoms with Gasteiger partial charge in [0.15, 0.2) is 0 Å². The highest BCUT2D eigenvalue weighted by Crippen LogP contribution is 2.27. The van der Waals surface area contributed by atoms with Crippen LogP contribution in [-0.2, 0) is 6.42 Å². The van der Waals surface area contributed by atoms with Crippen LogP contribution in [0.4, 0.5) is 5.69 Å². The van der Waals surface area contributed by atoms with Crippen molar-refractivity contribution in [3.8, 4) is 6.07 Å². The number of nitriles is 1. The zero-order chi connectivity index (χ0) is 14.5. The van der Waals surface area contributed by atoms with Crippen molar-refractivity contribution in [1.29, 1.82) is 5.26 Å². The summed E-state index contributed by atoms with van der Waals surface area (Å²) >= 11 is 1.73. The van der Waals surface area contributed by atoms with Crippen LogP contribution in [0.5, 0.6) is 0 Å². The van der Waals surface area contributed by atoms with Gasteiger partial charge in [-0.1, -0.05) is 36.4 Å². The van der Waals surface area contributed by atoms with E-state index in [0.29, 0.717) is 6.42 Å². The number of hydrogen-bond acceptors (Lipinski definition) is 3. The summed E-state index contributed by atoms with van der Waals surface area (Å²) in [7, 11) is 0. The predicted molar refractivity (Wildman–Crippen MR) is 89.2 cm³/mol. The molecule has 0 spiro atoms. The molecule has 0 aliphatic heterocycles. The van der Waals surface area contributed by atoms with Crippen LogP contribution in [0.2, 0.25) is 0 Å². The van der Waals surface area contributed by atoms with Gasteiger partial charge in [0.1, 0.15) is 0 Å². The number of benzene rings is 2. The van der Waals surface area contributed by atoms with Crippen molar-refractivity contribution in [2.45, 2.75) is 6.42 Å². The highest BCUT2D eigenvalue weighted by Gasteiger charge is 2.10. The summed E-state index contributed by atoms with van der Waals surface area (Å²) < 4.78 is 1.27. The van der Waals surface area contributed by atoms with E-state index >= 15 is 0 Å². The summed E-state index contributed by atoms with van der Waals surface area (Å²) in [6, 6.07) is 20.4. The van der Waals surface area contributed by atoms with Gasteiger partial charge >= 0.3 is 0 Å². The normalized spacial score (nSPS) is 12.5. The molecule has 0 fully saturated rings. The van der Waals surface area contributed by atoms with Crippen molar-refractivity contribution in [1.82, 2.24) is 0 Å². The van der Waals surface area contributed by atoms with E-state index in [1.165, 1.54) is 15.6 Å². The summed E-state index contributed by atoms with van der Waals surface area (Å²) in [5.74, 6) is -0.205. The van der Waals surface area contributed by atoms with E-state index in [-0.39, 0.29) is 5.92 Å². The lowest BCUT2D eigenvalue weighted by atomic mass is 10.0. The molecule has 2 aromatic carbocycles. The molecule has 3 aromatic rings. The molecular weight excluding hydrogens is 276 g/mol. The first-order valence-corrected chi connectivity index (χ1v) is 7.69. The van der Waals surface area contributed by atoms with Gasteiger partial charge in [-0.15, -0.1) is 11.3 Å². The Morgan fingerprint density at radius 3 is 2.67 bits per heavy atom. The van der Waals surface area contributed by atoms with E-state index < -0.39 is 0 Å². The topological polar surface area (TPSA) is 36.1 Å². The number of hydrogen-bond donors (Lipinski definition) is 0. The molecule has 0 amide bonds. The maximum atomic E-state index is 9.34. The number of para-hydroxylation sites is 1. The molecule has 0 saturated heterocycles. The number of nitrogens with zero attached hydrogens (tertiary/aromatic N) is 2. The van der Waals surface area contributed by atoms with Crippen LogP contribution in [-0.4, -0.2) is 6.21 Å². The molecule has 1 atom stereocenters. The summed E-state index contributed by atoms with van der Waals surface area (Å²) in [6.45, 7) is 0. The van der Waals surface area contributed by atoms with E-state index in [9.17, 15) is 5.26 Å². The maximum Gasteiger partial charge on any atom is 0.0856 e. The van der Waals surface area contributed by atoms with Gasteiger partial charge in [-0.3, -0.25) is 4.99 Å². The summed E-state index contributed by atoms with van der Waals surface area (Å²) in [4.78, 5) is 4.39. The largest absolute Gasteiger partial charge is 0.260 e. The zero-order valence-corrected chi connectivity index (χ0v) is 12.3. The molecule has 0 bridgehead atoms. The van der Waals surface area contributed by atoms with Crippen LogP contribution < -0.4 is 0 Å². The Morgan fingerprint density at radius 1 is 1.10 bits per heavy atom. The van der Waals surface area contributed by atoms with Crippen molar-refractivity contribution >= 4 is 33.3 Å². The Kier molecular flexibility index (Phi) is 4.09. The summed E-state index contributed by atoms with van der Waals surface area (Å²) in [5.41, 5.74) is 2.11. The van der Waals surface area contributed by atoms with E-state index in [0.717, 1.165) is 5.69 Å². The van der Waals surface area contributed by atoms with Crippen LogP contribution in [0, 0.1) is 17.2 Å². The van der Waals surface area contributed by atoms with E-state index in [1.54, 1.807) is 17.6 Å². The monoisotopic (exact) mass is 290 g/mol. The summed E-state index contributed by atoms with van der Waals surface area (Å²) in [5, 5.41) is 12.7. The van der Waals surface area contributed by atoms with Crippen LogP contribution in [0.3, 0.4) is 0 Å². The Balaban J connectivity index is 1.79. The third-order valence-corrected chi connectivity index (χ3v) is 4.34. The number of fused-ring (bicyclic) bond motifs is 1. The molecule has 1 unspecified atom stereocenters. The first kappa shape index (κ1) is 13.5.